The zero-order valence-electron chi connectivity index (χ0n) is 6.45. The maximum atomic E-state index is 11.9. The molecule has 2 fully saturated rings. The summed E-state index contributed by atoms with van der Waals surface area (Å²) < 4.78 is 23.7. The van der Waals surface area contributed by atoms with Crippen molar-refractivity contribution in [1.29, 1.82) is 0 Å². The third-order valence-electron chi connectivity index (χ3n) is 2.95. The number of hydrogen-bond acceptors (Lipinski definition) is 1. The smallest absolute Gasteiger partial charge is 0.238 e. The van der Waals surface area contributed by atoms with Crippen LogP contribution in [0.2, 0.25) is 0 Å². The van der Waals surface area contributed by atoms with Gasteiger partial charge in [0.15, 0.2) is 0 Å². The molecule has 0 radical (unpaired) electrons. The van der Waals surface area contributed by atoms with Crippen LogP contribution in [0.3, 0.4) is 0 Å². The van der Waals surface area contributed by atoms with Crippen LogP contribution in [0.4, 0.5) is 8.78 Å². The molecule has 0 aromatic rings. The summed E-state index contributed by atoms with van der Waals surface area (Å²) in [5.41, 5.74) is 0.458. The molecule has 2 aliphatic rings. The third kappa shape index (κ3) is 1.26. The molecular formula is C8H13F2N. The second-order valence-corrected chi connectivity index (χ2v) is 4.00. The van der Waals surface area contributed by atoms with E-state index < -0.39 is 6.43 Å². The standard InChI is InChI=1S/C8H13F2N/c9-7(10)1-6-2-8(3-6)4-11-5-8/h6-7,11H,1-5H2. The second-order valence-electron chi connectivity index (χ2n) is 4.00. The normalized spacial score (nSPS) is 28.6. The summed E-state index contributed by atoms with van der Waals surface area (Å²) in [6.45, 7) is 2.12. The van der Waals surface area contributed by atoms with Gasteiger partial charge < -0.3 is 5.32 Å². The molecule has 0 amide bonds. The van der Waals surface area contributed by atoms with Crippen molar-refractivity contribution < 1.29 is 8.78 Å². The maximum Gasteiger partial charge on any atom is 0.238 e. The van der Waals surface area contributed by atoms with Crippen molar-refractivity contribution in [1.82, 2.24) is 5.32 Å². The van der Waals surface area contributed by atoms with Crippen LogP contribution in [0.15, 0.2) is 0 Å². The van der Waals surface area contributed by atoms with Crippen LogP contribution >= 0.6 is 0 Å². The molecule has 0 aromatic carbocycles. The molecule has 1 aliphatic carbocycles. The fourth-order valence-corrected chi connectivity index (χ4v) is 2.35. The zero-order chi connectivity index (χ0) is 7.90. The SMILES string of the molecule is FC(F)CC1CC2(CNC2)C1. The van der Waals surface area contributed by atoms with Gasteiger partial charge in [0.25, 0.3) is 0 Å². The maximum absolute atomic E-state index is 11.9. The lowest BCUT2D eigenvalue weighted by molar-refractivity contribution is -0.0290. The van der Waals surface area contributed by atoms with Crippen LogP contribution in [0, 0.1) is 11.3 Å². The zero-order valence-corrected chi connectivity index (χ0v) is 6.45. The van der Waals surface area contributed by atoms with Gasteiger partial charge in [0.05, 0.1) is 0 Å². The van der Waals surface area contributed by atoms with Crippen LogP contribution in [-0.2, 0) is 0 Å². The van der Waals surface area contributed by atoms with E-state index in [4.69, 9.17) is 0 Å². The summed E-state index contributed by atoms with van der Waals surface area (Å²) in [5, 5.41) is 3.19. The van der Waals surface area contributed by atoms with Crippen molar-refractivity contribution in [2.75, 3.05) is 13.1 Å². The van der Waals surface area contributed by atoms with Gasteiger partial charge in [0, 0.05) is 19.5 Å². The first-order valence-corrected chi connectivity index (χ1v) is 4.19. The van der Waals surface area contributed by atoms with Gasteiger partial charge in [-0.05, 0) is 24.2 Å². The topological polar surface area (TPSA) is 12.0 Å². The Kier molecular flexibility index (Phi) is 1.63. The van der Waals surface area contributed by atoms with Gasteiger partial charge in [-0.3, -0.25) is 0 Å². The fraction of sp³-hybridized carbons (Fsp3) is 1.00. The first-order chi connectivity index (χ1) is 5.20. The molecule has 11 heavy (non-hydrogen) atoms. The molecule has 0 unspecified atom stereocenters. The number of hydrogen-bond donors (Lipinski definition) is 1. The molecule has 0 bridgehead atoms. The average molecular weight is 161 g/mol. The Morgan fingerprint density at radius 1 is 1.36 bits per heavy atom. The largest absolute Gasteiger partial charge is 0.316 e. The summed E-state index contributed by atoms with van der Waals surface area (Å²) in [7, 11) is 0. The van der Waals surface area contributed by atoms with Crippen LogP contribution in [0.25, 0.3) is 0 Å². The molecule has 0 aromatic heterocycles. The first kappa shape index (κ1) is 7.47. The number of halogens is 2. The Balaban J connectivity index is 1.71. The number of nitrogens with one attached hydrogen (secondary N) is 1. The second kappa shape index (κ2) is 2.41. The van der Waals surface area contributed by atoms with Crippen LogP contribution in [0.1, 0.15) is 19.3 Å². The van der Waals surface area contributed by atoms with Gasteiger partial charge in [-0.2, -0.15) is 0 Å². The molecule has 0 atom stereocenters. The highest BCUT2D eigenvalue weighted by atomic mass is 19.3. The molecule has 1 aliphatic heterocycles. The van der Waals surface area contributed by atoms with Gasteiger partial charge in [0.1, 0.15) is 0 Å². The minimum absolute atomic E-state index is 0.127. The predicted octanol–water partition coefficient (Wildman–Crippen LogP) is 1.64. The van der Waals surface area contributed by atoms with Crippen molar-refractivity contribution in [3.8, 4) is 0 Å². The van der Waals surface area contributed by atoms with E-state index in [2.05, 4.69) is 5.32 Å². The van der Waals surface area contributed by atoms with E-state index in [1.54, 1.807) is 0 Å². The van der Waals surface area contributed by atoms with Gasteiger partial charge in [-0.15, -0.1) is 0 Å². The highest BCUT2D eigenvalue weighted by Gasteiger charge is 2.48. The molecule has 1 spiro atoms. The molecule has 1 heterocycles. The number of alkyl halides is 2. The molecule has 1 saturated heterocycles. The molecule has 2 rings (SSSR count). The molecule has 1 N–H and O–H groups in total. The minimum Gasteiger partial charge on any atom is -0.316 e. The number of rotatable bonds is 2. The van der Waals surface area contributed by atoms with Crippen LogP contribution in [0.5, 0.6) is 0 Å². The van der Waals surface area contributed by atoms with E-state index in [-0.39, 0.29) is 6.42 Å². The van der Waals surface area contributed by atoms with E-state index in [0.717, 1.165) is 25.9 Å². The highest BCUT2D eigenvalue weighted by molar-refractivity contribution is 5.02. The van der Waals surface area contributed by atoms with E-state index in [0.29, 0.717) is 11.3 Å². The Hall–Kier alpha value is -0.180. The van der Waals surface area contributed by atoms with Gasteiger partial charge >= 0.3 is 0 Å². The summed E-state index contributed by atoms with van der Waals surface area (Å²) in [6.07, 6.45) is 0.0987. The highest BCUT2D eigenvalue weighted by Crippen LogP contribution is 2.50. The van der Waals surface area contributed by atoms with E-state index >= 15 is 0 Å². The minimum atomic E-state index is -2.09. The summed E-state index contributed by atoms with van der Waals surface area (Å²) in [6, 6.07) is 0. The van der Waals surface area contributed by atoms with Crippen molar-refractivity contribution in [3.63, 3.8) is 0 Å². The fourth-order valence-electron chi connectivity index (χ4n) is 2.35. The summed E-state index contributed by atoms with van der Waals surface area (Å²) in [4.78, 5) is 0. The Labute approximate surface area is 65.2 Å². The van der Waals surface area contributed by atoms with Gasteiger partial charge in [-0.1, -0.05) is 0 Å². The lowest BCUT2D eigenvalue weighted by Gasteiger charge is -2.54. The molecular weight excluding hydrogens is 148 g/mol. The Morgan fingerprint density at radius 2 is 2.00 bits per heavy atom. The monoisotopic (exact) mass is 161 g/mol. The molecule has 64 valence electrons. The van der Waals surface area contributed by atoms with Crippen molar-refractivity contribution in [3.05, 3.63) is 0 Å². The molecule has 1 nitrogen and oxygen atoms in total. The Morgan fingerprint density at radius 3 is 2.36 bits per heavy atom. The van der Waals surface area contributed by atoms with Crippen molar-refractivity contribution >= 4 is 0 Å². The predicted molar refractivity (Wildman–Crippen MR) is 38.6 cm³/mol. The molecule has 1 saturated carbocycles. The lowest BCUT2D eigenvalue weighted by Crippen LogP contribution is -2.60. The van der Waals surface area contributed by atoms with E-state index in [9.17, 15) is 8.78 Å². The summed E-state index contributed by atoms with van der Waals surface area (Å²) >= 11 is 0. The van der Waals surface area contributed by atoms with Crippen LogP contribution in [-0.4, -0.2) is 19.5 Å². The van der Waals surface area contributed by atoms with Gasteiger partial charge in [0.2, 0.25) is 6.43 Å². The summed E-state index contributed by atoms with van der Waals surface area (Å²) in [5.74, 6) is 0.317. The van der Waals surface area contributed by atoms with E-state index in [1.165, 1.54) is 0 Å². The van der Waals surface area contributed by atoms with Crippen LogP contribution < -0.4 is 5.32 Å². The molecule has 3 heteroatoms. The van der Waals surface area contributed by atoms with Crippen molar-refractivity contribution in [2.24, 2.45) is 11.3 Å². The lowest BCUT2D eigenvalue weighted by atomic mass is 9.58. The Bertz CT molecular complexity index is 146. The third-order valence-corrected chi connectivity index (χ3v) is 2.95. The quantitative estimate of drug-likeness (QED) is 0.649. The van der Waals surface area contributed by atoms with Crippen molar-refractivity contribution in [2.45, 2.75) is 25.7 Å². The average Bonchev–Trinajstić information content (AvgIpc) is 1.71. The van der Waals surface area contributed by atoms with E-state index in [1.807, 2.05) is 0 Å². The first-order valence-electron chi connectivity index (χ1n) is 4.19. The van der Waals surface area contributed by atoms with Gasteiger partial charge in [-0.25, -0.2) is 8.78 Å².